The number of amides is 1. The molecule has 0 unspecified atom stereocenters. The highest BCUT2D eigenvalue weighted by atomic mass is 79.9. The summed E-state index contributed by atoms with van der Waals surface area (Å²) in [5.41, 5.74) is 1.86. The summed E-state index contributed by atoms with van der Waals surface area (Å²) in [6, 6.07) is 9.60. The number of fused-ring (bicyclic) bond motifs is 1. The van der Waals surface area contributed by atoms with E-state index in [1.165, 1.54) is 18.2 Å². The Bertz CT molecular complexity index is 800. The first-order chi connectivity index (χ1) is 9.65. The van der Waals surface area contributed by atoms with Crippen LogP contribution in [0.3, 0.4) is 0 Å². The Labute approximate surface area is 122 Å². The number of aromatic amines is 1. The van der Waals surface area contributed by atoms with Crippen molar-refractivity contribution in [2.24, 2.45) is 0 Å². The number of carbonyl (C=O) groups is 1. The minimum atomic E-state index is -0.404. The van der Waals surface area contributed by atoms with Crippen LogP contribution in [0.2, 0.25) is 0 Å². The Morgan fingerprint density at radius 1 is 1.30 bits per heavy atom. The summed E-state index contributed by atoms with van der Waals surface area (Å²) >= 11 is 3.06. The van der Waals surface area contributed by atoms with Crippen LogP contribution in [-0.2, 0) is 0 Å². The molecular formula is C14H9BrFN3O. The van der Waals surface area contributed by atoms with Crippen LogP contribution in [0, 0.1) is 5.82 Å². The quantitative estimate of drug-likeness (QED) is 0.750. The van der Waals surface area contributed by atoms with Gasteiger partial charge in [0.1, 0.15) is 5.82 Å². The van der Waals surface area contributed by atoms with Crippen LogP contribution in [0.25, 0.3) is 10.9 Å². The number of H-pyrrole nitrogens is 1. The Morgan fingerprint density at radius 2 is 2.15 bits per heavy atom. The Kier molecular flexibility index (Phi) is 3.23. The van der Waals surface area contributed by atoms with Gasteiger partial charge in [-0.1, -0.05) is 6.07 Å². The van der Waals surface area contributed by atoms with Crippen LogP contribution in [0.1, 0.15) is 10.4 Å². The van der Waals surface area contributed by atoms with Gasteiger partial charge in [0.2, 0.25) is 0 Å². The van der Waals surface area contributed by atoms with Crippen LogP contribution in [0.5, 0.6) is 0 Å². The first-order valence-corrected chi connectivity index (χ1v) is 6.63. The van der Waals surface area contributed by atoms with E-state index in [4.69, 9.17) is 0 Å². The van der Waals surface area contributed by atoms with Gasteiger partial charge in [0.05, 0.1) is 21.9 Å². The number of hydrogen-bond donors (Lipinski definition) is 2. The zero-order valence-corrected chi connectivity index (χ0v) is 11.7. The first kappa shape index (κ1) is 12.8. The number of halogens is 2. The maximum Gasteiger partial charge on any atom is 0.255 e. The summed E-state index contributed by atoms with van der Waals surface area (Å²) < 4.78 is 13.4. The average Bonchev–Trinajstić information content (AvgIpc) is 2.91. The van der Waals surface area contributed by atoms with Crippen LogP contribution in [0.4, 0.5) is 10.1 Å². The average molecular weight is 334 g/mol. The number of hydrogen-bond acceptors (Lipinski definition) is 2. The third-order valence-corrected chi connectivity index (χ3v) is 3.52. The molecule has 1 amide bonds. The highest BCUT2D eigenvalue weighted by Gasteiger charge is 2.11. The summed E-state index contributed by atoms with van der Waals surface area (Å²) in [6.07, 6.45) is 1.64. The van der Waals surface area contributed by atoms with Crippen LogP contribution in [-0.4, -0.2) is 16.1 Å². The molecule has 0 fully saturated rings. The third-order valence-electron chi connectivity index (χ3n) is 2.91. The minimum Gasteiger partial charge on any atom is -0.321 e. The lowest BCUT2D eigenvalue weighted by molar-refractivity contribution is 0.102. The van der Waals surface area contributed by atoms with Gasteiger partial charge in [0, 0.05) is 10.9 Å². The second kappa shape index (κ2) is 5.05. The molecule has 2 aromatic carbocycles. The normalized spacial score (nSPS) is 10.7. The summed E-state index contributed by atoms with van der Waals surface area (Å²) in [7, 11) is 0. The van der Waals surface area contributed by atoms with E-state index in [0.717, 1.165) is 10.9 Å². The smallest absolute Gasteiger partial charge is 0.255 e. The number of nitrogens with zero attached hydrogens (tertiary/aromatic N) is 1. The van der Waals surface area contributed by atoms with Gasteiger partial charge >= 0.3 is 0 Å². The van der Waals surface area contributed by atoms with Crippen molar-refractivity contribution < 1.29 is 9.18 Å². The van der Waals surface area contributed by atoms with Crippen molar-refractivity contribution >= 4 is 38.4 Å². The zero-order chi connectivity index (χ0) is 14.1. The molecule has 0 saturated heterocycles. The summed E-state index contributed by atoms with van der Waals surface area (Å²) in [5.74, 6) is -0.710. The second-order valence-electron chi connectivity index (χ2n) is 4.22. The fraction of sp³-hybridized carbons (Fsp3) is 0. The van der Waals surface area contributed by atoms with Crippen molar-refractivity contribution in [3.05, 3.63) is 58.4 Å². The Balaban J connectivity index is 1.92. The summed E-state index contributed by atoms with van der Waals surface area (Å²) in [4.78, 5) is 12.2. The van der Waals surface area contributed by atoms with E-state index in [9.17, 15) is 9.18 Å². The molecule has 0 radical (unpaired) electrons. The third kappa shape index (κ3) is 2.30. The van der Waals surface area contributed by atoms with Crippen molar-refractivity contribution in [3.8, 4) is 0 Å². The van der Waals surface area contributed by atoms with E-state index in [1.54, 1.807) is 12.3 Å². The highest BCUT2D eigenvalue weighted by Crippen LogP contribution is 2.22. The molecule has 0 bridgehead atoms. The summed E-state index contributed by atoms with van der Waals surface area (Å²) in [5, 5.41) is 10.4. The summed E-state index contributed by atoms with van der Waals surface area (Å²) in [6.45, 7) is 0. The van der Waals surface area contributed by atoms with E-state index in [-0.39, 0.29) is 10.4 Å². The molecule has 0 aliphatic rings. The van der Waals surface area contributed by atoms with Crippen molar-refractivity contribution in [2.75, 3.05) is 5.32 Å². The number of rotatable bonds is 2. The SMILES string of the molecule is O=C(Nc1cccc2[nH]ncc12)c1ccc(F)c(Br)c1. The van der Waals surface area contributed by atoms with Crippen molar-refractivity contribution in [1.29, 1.82) is 0 Å². The zero-order valence-electron chi connectivity index (χ0n) is 10.2. The predicted octanol–water partition coefficient (Wildman–Crippen LogP) is 3.72. The molecule has 3 rings (SSSR count). The molecule has 6 heteroatoms. The van der Waals surface area contributed by atoms with Gasteiger partial charge in [-0.25, -0.2) is 4.39 Å². The van der Waals surface area contributed by atoms with Gasteiger partial charge < -0.3 is 5.32 Å². The number of nitrogens with one attached hydrogen (secondary N) is 2. The van der Waals surface area contributed by atoms with Crippen LogP contribution in [0.15, 0.2) is 47.1 Å². The Hall–Kier alpha value is -2.21. The fourth-order valence-electron chi connectivity index (χ4n) is 1.91. The molecule has 0 aliphatic carbocycles. The number of carbonyl (C=O) groups excluding carboxylic acids is 1. The molecule has 0 spiro atoms. The molecule has 20 heavy (non-hydrogen) atoms. The molecule has 100 valence electrons. The Morgan fingerprint density at radius 3 is 2.95 bits per heavy atom. The monoisotopic (exact) mass is 333 g/mol. The van der Waals surface area contributed by atoms with E-state index in [0.29, 0.717) is 11.3 Å². The van der Waals surface area contributed by atoms with Gasteiger partial charge in [-0.05, 0) is 46.3 Å². The fourth-order valence-corrected chi connectivity index (χ4v) is 2.29. The largest absolute Gasteiger partial charge is 0.321 e. The van der Waals surface area contributed by atoms with Gasteiger partial charge in [0.15, 0.2) is 0 Å². The lowest BCUT2D eigenvalue weighted by Crippen LogP contribution is -2.12. The van der Waals surface area contributed by atoms with Gasteiger partial charge in [-0.2, -0.15) is 5.10 Å². The standard InChI is InChI=1S/C14H9BrFN3O/c15-10-6-8(4-5-11(10)16)14(20)18-12-2-1-3-13-9(12)7-17-19-13/h1-7H,(H,17,19)(H,18,20). The molecule has 4 nitrogen and oxygen atoms in total. The van der Waals surface area contributed by atoms with E-state index >= 15 is 0 Å². The molecule has 0 aliphatic heterocycles. The lowest BCUT2D eigenvalue weighted by Gasteiger charge is -2.07. The van der Waals surface area contributed by atoms with Crippen molar-refractivity contribution in [3.63, 3.8) is 0 Å². The van der Waals surface area contributed by atoms with E-state index in [1.807, 2.05) is 12.1 Å². The van der Waals surface area contributed by atoms with E-state index in [2.05, 4.69) is 31.4 Å². The molecular weight excluding hydrogens is 325 g/mol. The minimum absolute atomic E-state index is 0.256. The topological polar surface area (TPSA) is 57.8 Å². The maximum atomic E-state index is 13.2. The highest BCUT2D eigenvalue weighted by molar-refractivity contribution is 9.10. The molecule has 2 N–H and O–H groups in total. The number of aromatic nitrogens is 2. The predicted molar refractivity (Wildman–Crippen MR) is 78.1 cm³/mol. The molecule has 1 heterocycles. The number of benzene rings is 2. The molecule has 0 atom stereocenters. The van der Waals surface area contributed by atoms with Crippen molar-refractivity contribution in [2.45, 2.75) is 0 Å². The lowest BCUT2D eigenvalue weighted by atomic mass is 10.2. The van der Waals surface area contributed by atoms with Crippen LogP contribution >= 0.6 is 15.9 Å². The van der Waals surface area contributed by atoms with Gasteiger partial charge in [-0.15, -0.1) is 0 Å². The number of anilines is 1. The van der Waals surface area contributed by atoms with Crippen molar-refractivity contribution in [1.82, 2.24) is 10.2 Å². The van der Waals surface area contributed by atoms with Gasteiger partial charge in [-0.3, -0.25) is 9.89 Å². The van der Waals surface area contributed by atoms with E-state index < -0.39 is 5.82 Å². The molecule has 3 aromatic rings. The maximum absolute atomic E-state index is 13.2. The first-order valence-electron chi connectivity index (χ1n) is 5.83. The molecule has 0 saturated carbocycles. The second-order valence-corrected chi connectivity index (χ2v) is 5.07. The van der Waals surface area contributed by atoms with Crippen LogP contribution < -0.4 is 5.32 Å². The van der Waals surface area contributed by atoms with Gasteiger partial charge in [0.25, 0.3) is 5.91 Å². The molecule has 1 aromatic heterocycles.